The van der Waals surface area contributed by atoms with Gasteiger partial charge in [0, 0.05) is 24.9 Å². The minimum absolute atomic E-state index is 0.0162. The monoisotopic (exact) mass is 344 g/mol. The zero-order valence-electron chi connectivity index (χ0n) is 13.5. The van der Waals surface area contributed by atoms with Crippen LogP contribution in [0.3, 0.4) is 0 Å². The summed E-state index contributed by atoms with van der Waals surface area (Å²) in [5, 5.41) is 21.6. The number of phenolic OH excluding ortho intramolecular Hbond substituents is 1. The van der Waals surface area contributed by atoms with Crippen molar-refractivity contribution in [3.63, 3.8) is 0 Å². The Morgan fingerprint density at radius 3 is 2.84 bits per heavy atom. The first-order valence-electron chi connectivity index (χ1n) is 7.47. The number of benzene rings is 1. The number of aromatic nitrogens is 2. The topological polar surface area (TPSA) is 133 Å². The number of aromatic amines is 1. The van der Waals surface area contributed by atoms with Gasteiger partial charge in [0.05, 0.1) is 7.11 Å². The molecule has 25 heavy (non-hydrogen) atoms. The molecular weight excluding hydrogens is 328 g/mol. The van der Waals surface area contributed by atoms with Gasteiger partial charge in [0.15, 0.2) is 5.82 Å². The maximum Gasteiger partial charge on any atom is 0.341 e. The van der Waals surface area contributed by atoms with E-state index in [1.807, 2.05) is 0 Å². The van der Waals surface area contributed by atoms with Crippen molar-refractivity contribution in [2.24, 2.45) is 0 Å². The van der Waals surface area contributed by atoms with Crippen molar-refractivity contribution in [2.75, 3.05) is 19.5 Å². The zero-order chi connectivity index (χ0) is 18.1. The molecule has 2 amide bonds. The Labute approximate surface area is 142 Å². The number of anilines is 1. The van der Waals surface area contributed by atoms with E-state index in [0.717, 1.165) is 0 Å². The van der Waals surface area contributed by atoms with Crippen LogP contribution in [0.5, 0.6) is 5.75 Å². The van der Waals surface area contributed by atoms with Gasteiger partial charge in [0.1, 0.15) is 17.0 Å². The number of fused-ring (bicyclic) bond motifs is 1. The van der Waals surface area contributed by atoms with Crippen molar-refractivity contribution in [2.45, 2.75) is 12.3 Å². The standard InChI is InChI=1S/C16H16N4O5/c1-17-15(23)13-12-8(6-11(22)18-14(12)20-19-13)7-3-4-10(21)9(5-7)16(24)25-2/h3-5,8,21H,6H2,1-2H3,(H,17,23)(H2,18,19,20,22)/t8-/m0/s1. The highest BCUT2D eigenvalue weighted by Crippen LogP contribution is 2.39. The number of amides is 2. The van der Waals surface area contributed by atoms with Gasteiger partial charge in [-0.25, -0.2) is 4.79 Å². The van der Waals surface area contributed by atoms with Crippen LogP contribution in [0, 0.1) is 0 Å². The number of nitrogens with zero attached hydrogens (tertiary/aromatic N) is 1. The minimum Gasteiger partial charge on any atom is -0.507 e. The smallest absolute Gasteiger partial charge is 0.341 e. The van der Waals surface area contributed by atoms with E-state index >= 15 is 0 Å². The predicted octanol–water partition coefficient (Wildman–Crippen LogP) is 0.736. The Kier molecular flexibility index (Phi) is 4.14. The number of esters is 1. The summed E-state index contributed by atoms with van der Waals surface area (Å²) >= 11 is 0. The maximum absolute atomic E-state index is 12.1. The summed E-state index contributed by atoms with van der Waals surface area (Å²) in [5.41, 5.74) is 1.33. The van der Waals surface area contributed by atoms with Gasteiger partial charge in [-0.1, -0.05) is 6.07 Å². The number of rotatable bonds is 3. The molecule has 1 aromatic heterocycles. The molecule has 2 aromatic rings. The van der Waals surface area contributed by atoms with Crippen molar-refractivity contribution in [3.8, 4) is 5.75 Å². The Morgan fingerprint density at radius 1 is 1.40 bits per heavy atom. The average molecular weight is 344 g/mol. The number of H-pyrrole nitrogens is 1. The molecule has 0 radical (unpaired) electrons. The van der Waals surface area contributed by atoms with E-state index in [2.05, 4.69) is 25.6 Å². The van der Waals surface area contributed by atoms with Crippen molar-refractivity contribution in [1.29, 1.82) is 0 Å². The van der Waals surface area contributed by atoms with Crippen LogP contribution in [-0.4, -0.2) is 47.2 Å². The molecule has 0 saturated carbocycles. The van der Waals surface area contributed by atoms with Gasteiger partial charge in [-0.05, 0) is 17.7 Å². The zero-order valence-corrected chi connectivity index (χ0v) is 13.5. The highest BCUT2D eigenvalue weighted by atomic mass is 16.5. The normalized spacial score (nSPS) is 15.9. The lowest BCUT2D eigenvalue weighted by Crippen LogP contribution is -2.26. The molecule has 130 valence electrons. The fraction of sp³-hybridized carbons (Fsp3) is 0.250. The molecular formula is C16H16N4O5. The van der Waals surface area contributed by atoms with Crippen molar-refractivity contribution in [3.05, 3.63) is 40.6 Å². The van der Waals surface area contributed by atoms with E-state index in [-0.39, 0.29) is 41.1 Å². The number of phenols is 1. The summed E-state index contributed by atoms with van der Waals surface area (Å²) in [6, 6.07) is 4.40. The van der Waals surface area contributed by atoms with Crippen LogP contribution in [0.25, 0.3) is 0 Å². The minimum atomic E-state index is -0.696. The van der Waals surface area contributed by atoms with E-state index in [1.165, 1.54) is 26.3 Å². The Hall–Kier alpha value is -3.36. The number of aromatic hydroxyl groups is 1. The SMILES string of the molecule is CNC(=O)c1[nH]nc2c1[C@H](c1ccc(O)c(C(=O)OC)c1)CC(=O)N2. The molecule has 1 atom stereocenters. The van der Waals surface area contributed by atoms with Gasteiger partial charge >= 0.3 is 5.97 Å². The largest absolute Gasteiger partial charge is 0.507 e. The lowest BCUT2D eigenvalue weighted by Gasteiger charge is -2.23. The van der Waals surface area contributed by atoms with Crippen LogP contribution in [0.2, 0.25) is 0 Å². The van der Waals surface area contributed by atoms with Crippen LogP contribution < -0.4 is 10.6 Å². The van der Waals surface area contributed by atoms with Gasteiger partial charge < -0.3 is 20.5 Å². The number of ether oxygens (including phenoxy) is 1. The number of carbonyl (C=O) groups is 3. The van der Waals surface area contributed by atoms with Crippen LogP contribution >= 0.6 is 0 Å². The third-order valence-corrected chi connectivity index (χ3v) is 4.08. The lowest BCUT2D eigenvalue weighted by atomic mass is 9.84. The molecule has 0 spiro atoms. The van der Waals surface area contributed by atoms with E-state index in [4.69, 9.17) is 0 Å². The second kappa shape index (κ2) is 6.27. The number of hydrogen-bond donors (Lipinski definition) is 4. The third kappa shape index (κ3) is 2.80. The molecule has 0 unspecified atom stereocenters. The van der Waals surface area contributed by atoms with Crippen molar-refractivity contribution in [1.82, 2.24) is 15.5 Å². The van der Waals surface area contributed by atoms with Crippen LogP contribution in [0.15, 0.2) is 18.2 Å². The van der Waals surface area contributed by atoms with Crippen molar-refractivity contribution >= 4 is 23.6 Å². The molecule has 9 heteroatoms. The Balaban J connectivity index is 2.13. The first-order chi connectivity index (χ1) is 12.0. The quantitative estimate of drug-likeness (QED) is 0.607. The molecule has 1 aliphatic rings. The highest BCUT2D eigenvalue weighted by Gasteiger charge is 2.34. The molecule has 2 heterocycles. The molecule has 4 N–H and O–H groups in total. The summed E-state index contributed by atoms with van der Waals surface area (Å²) < 4.78 is 4.65. The number of methoxy groups -OCH3 is 1. The Bertz CT molecular complexity index is 873. The second-order valence-corrected chi connectivity index (χ2v) is 5.51. The fourth-order valence-electron chi connectivity index (χ4n) is 2.88. The van der Waals surface area contributed by atoms with Gasteiger partial charge in [-0.2, -0.15) is 5.10 Å². The summed E-state index contributed by atoms with van der Waals surface area (Å²) in [7, 11) is 2.70. The third-order valence-electron chi connectivity index (χ3n) is 4.08. The molecule has 1 aromatic carbocycles. The molecule has 0 aliphatic carbocycles. The van der Waals surface area contributed by atoms with Crippen molar-refractivity contribution < 1.29 is 24.2 Å². The second-order valence-electron chi connectivity index (χ2n) is 5.51. The molecule has 0 fully saturated rings. The van der Waals surface area contributed by atoms with E-state index in [0.29, 0.717) is 11.1 Å². The van der Waals surface area contributed by atoms with E-state index in [9.17, 15) is 19.5 Å². The fourth-order valence-corrected chi connectivity index (χ4v) is 2.88. The number of hydrogen-bond acceptors (Lipinski definition) is 6. The lowest BCUT2D eigenvalue weighted by molar-refractivity contribution is -0.116. The van der Waals surface area contributed by atoms with Gasteiger partial charge in [0.25, 0.3) is 5.91 Å². The average Bonchev–Trinajstić information content (AvgIpc) is 3.03. The molecule has 9 nitrogen and oxygen atoms in total. The molecule has 3 rings (SSSR count). The van der Waals surface area contributed by atoms with E-state index in [1.54, 1.807) is 6.07 Å². The summed E-state index contributed by atoms with van der Waals surface area (Å²) in [6.07, 6.45) is 0.0713. The Morgan fingerprint density at radius 2 is 2.16 bits per heavy atom. The number of carbonyl (C=O) groups excluding carboxylic acids is 3. The summed E-state index contributed by atoms with van der Waals surface area (Å²) in [6.45, 7) is 0. The highest BCUT2D eigenvalue weighted by molar-refractivity contribution is 6.00. The first kappa shape index (κ1) is 16.5. The van der Waals surface area contributed by atoms with Gasteiger partial charge in [-0.3, -0.25) is 14.7 Å². The van der Waals surface area contributed by atoms with E-state index < -0.39 is 11.9 Å². The molecule has 0 bridgehead atoms. The first-order valence-corrected chi connectivity index (χ1v) is 7.47. The maximum atomic E-state index is 12.1. The van der Waals surface area contributed by atoms with Crippen LogP contribution in [0.1, 0.15) is 44.3 Å². The number of nitrogens with one attached hydrogen (secondary N) is 3. The van der Waals surface area contributed by atoms with Gasteiger partial charge in [0.2, 0.25) is 5.91 Å². The van der Waals surface area contributed by atoms with Crippen LogP contribution in [0.4, 0.5) is 5.82 Å². The van der Waals surface area contributed by atoms with Crippen LogP contribution in [-0.2, 0) is 9.53 Å². The van der Waals surface area contributed by atoms with Gasteiger partial charge in [-0.15, -0.1) is 0 Å². The predicted molar refractivity (Wildman–Crippen MR) is 86.5 cm³/mol. The summed E-state index contributed by atoms with van der Waals surface area (Å²) in [5.74, 6) is -1.79. The summed E-state index contributed by atoms with van der Waals surface area (Å²) in [4.78, 5) is 35.9. The molecule has 1 aliphatic heterocycles. The molecule has 0 saturated heterocycles.